The lowest BCUT2D eigenvalue weighted by atomic mass is 10.1. The van der Waals surface area contributed by atoms with Crippen LogP contribution in [0.1, 0.15) is 41.6 Å². The van der Waals surface area contributed by atoms with Crippen LogP contribution >= 0.6 is 0 Å². The van der Waals surface area contributed by atoms with Gasteiger partial charge in [0.15, 0.2) is 0 Å². The summed E-state index contributed by atoms with van der Waals surface area (Å²) in [4.78, 5) is 24.6. The van der Waals surface area contributed by atoms with Crippen LogP contribution in [0.15, 0.2) is 54.6 Å². The van der Waals surface area contributed by atoms with Gasteiger partial charge in [0.05, 0.1) is 7.11 Å². The Balaban J connectivity index is 1.62. The Kier molecular flexibility index (Phi) is 6.26. The lowest BCUT2D eigenvalue weighted by Crippen LogP contribution is -2.32. The summed E-state index contributed by atoms with van der Waals surface area (Å²) >= 11 is 0. The van der Waals surface area contributed by atoms with E-state index in [1.807, 2.05) is 24.3 Å². The summed E-state index contributed by atoms with van der Waals surface area (Å²) in [6.45, 7) is 0. The first-order valence-electron chi connectivity index (χ1n) is 9.19. The number of amides is 2. The van der Waals surface area contributed by atoms with Crippen LogP contribution in [0.5, 0.6) is 5.75 Å². The summed E-state index contributed by atoms with van der Waals surface area (Å²) in [6, 6.07) is 14.7. The normalized spacial score (nSPS) is 14.3. The molecule has 27 heavy (non-hydrogen) atoms. The fourth-order valence-corrected chi connectivity index (χ4v) is 3.23. The van der Waals surface area contributed by atoms with Gasteiger partial charge in [-0.3, -0.25) is 9.59 Å². The van der Waals surface area contributed by atoms with Crippen LogP contribution in [0.25, 0.3) is 6.08 Å². The minimum Gasteiger partial charge on any atom is -0.496 e. The molecule has 5 heteroatoms. The quantitative estimate of drug-likeness (QED) is 0.761. The average Bonchev–Trinajstić information content (AvgIpc) is 3.20. The molecule has 0 heterocycles. The summed E-state index contributed by atoms with van der Waals surface area (Å²) in [6.07, 6.45) is 7.55. The molecule has 2 N–H and O–H groups in total. The van der Waals surface area contributed by atoms with E-state index in [1.165, 1.54) is 18.9 Å². The Morgan fingerprint density at radius 1 is 1.07 bits per heavy atom. The number of hydrogen-bond donors (Lipinski definition) is 2. The van der Waals surface area contributed by atoms with E-state index >= 15 is 0 Å². The van der Waals surface area contributed by atoms with Gasteiger partial charge in [-0.15, -0.1) is 0 Å². The van der Waals surface area contributed by atoms with Gasteiger partial charge in [0, 0.05) is 28.9 Å². The van der Waals surface area contributed by atoms with E-state index in [1.54, 1.807) is 37.5 Å². The Bertz CT molecular complexity index is 839. The summed E-state index contributed by atoms with van der Waals surface area (Å²) in [5.41, 5.74) is 1.96. The van der Waals surface area contributed by atoms with Crippen molar-refractivity contribution in [3.05, 3.63) is 65.7 Å². The van der Waals surface area contributed by atoms with E-state index in [2.05, 4.69) is 10.6 Å². The molecule has 0 unspecified atom stereocenters. The van der Waals surface area contributed by atoms with E-state index in [0.717, 1.165) is 18.4 Å². The highest BCUT2D eigenvalue weighted by Crippen LogP contribution is 2.20. The van der Waals surface area contributed by atoms with Crippen LogP contribution in [0.3, 0.4) is 0 Å². The van der Waals surface area contributed by atoms with Crippen molar-refractivity contribution in [1.29, 1.82) is 0 Å². The number of benzene rings is 2. The maximum Gasteiger partial charge on any atom is 0.251 e. The zero-order valence-corrected chi connectivity index (χ0v) is 15.4. The molecular weight excluding hydrogens is 340 g/mol. The van der Waals surface area contributed by atoms with Crippen LogP contribution in [0, 0.1) is 0 Å². The van der Waals surface area contributed by atoms with E-state index in [9.17, 15) is 9.59 Å². The van der Waals surface area contributed by atoms with Crippen LogP contribution in [-0.4, -0.2) is 25.0 Å². The Morgan fingerprint density at radius 3 is 2.63 bits per heavy atom. The molecule has 0 bridgehead atoms. The molecule has 1 aliphatic rings. The molecule has 0 aliphatic heterocycles. The molecule has 5 nitrogen and oxygen atoms in total. The van der Waals surface area contributed by atoms with Crippen LogP contribution in [0.2, 0.25) is 0 Å². The number of anilines is 1. The van der Waals surface area contributed by atoms with Gasteiger partial charge in [-0.05, 0) is 43.2 Å². The first-order chi connectivity index (χ1) is 13.2. The molecule has 1 saturated carbocycles. The Morgan fingerprint density at radius 2 is 1.85 bits per heavy atom. The van der Waals surface area contributed by atoms with E-state index in [4.69, 9.17) is 4.74 Å². The molecule has 1 fully saturated rings. The van der Waals surface area contributed by atoms with Gasteiger partial charge >= 0.3 is 0 Å². The van der Waals surface area contributed by atoms with E-state index in [0.29, 0.717) is 17.0 Å². The number of hydrogen-bond acceptors (Lipinski definition) is 3. The van der Waals surface area contributed by atoms with Crippen molar-refractivity contribution in [2.24, 2.45) is 0 Å². The van der Waals surface area contributed by atoms with Crippen LogP contribution in [-0.2, 0) is 4.79 Å². The number of methoxy groups -OCH3 is 1. The van der Waals surface area contributed by atoms with Gasteiger partial charge in [-0.2, -0.15) is 0 Å². The second-order valence-corrected chi connectivity index (χ2v) is 6.60. The Hall–Kier alpha value is -3.08. The van der Waals surface area contributed by atoms with Gasteiger partial charge in [-0.1, -0.05) is 37.1 Å². The molecule has 2 amide bonds. The third-order valence-electron chi connectivity index (χ3n) is 4.64. The average molecular weight is 364 g/mol. The molecule has 2 aromatic carbocycles. The zero-order valence-electron chi connectivity index (χ0n) is 15.4. The third-order valence-corrected chi connectivity index (χ3v) is 4.64. The fourth-order valence-electron chi connectivity index (χ4n) is 3.23. The molecular formula is C22H24N2O3. The summed E-state index contributed by atoms with van der Waals surface area (Å²) < 4.78 is 5.27. The standard InChI is InChI=1S/C22H24N2O3/c1-27-20-12-5-2-7-16(20)13-14-21(25)23-19-11-6-8-17(15-19)22(26)24-18-9-3-4-10-18/h2,5-8,11-15,18H,3-4,9-10H2,1H3,(H,23,25)(H,24,26)/b14-13+. The first kappa shape index (κ1) is 18.7. The zero-order chi connectivity index (χ0) is 19.1. The van der Waals surface area contributed by atoms with Crippen molar-refractivity contribution in [3.63, 3.8) is 0 Å². The molecule has 1 aliphatic carbocycles. The molecule has 2 aromatic rings. The number of nitrogens with one attached hydrogen (secondary N) is 2. The largest absolute Gasteiger partial charge is 0.496 e. The second kappa shape index (κ2) is 9.03. The van der Waals surface area contributed by atoms with Crippen molar-refractivity contribution < 1.29 is 14.3 Å². The minimum absolute atomic E-state index is 0.0948. The fraction of sp³-hybridized carbons (Fsp3) is 0.273. The van der Waals surface area contributed by atoms with Crippen molar-refractivity contribution in [2.75, 3.05) is 12.4 Å². The lowest BCUT2D eigenvalue weighted by molar-refractivity contribution is -0.111. The SMILES string of the molecule is COc1ccccc1/C=C/C(=O)Nc1cccc(C(=O)NC2CCCC2)c1. The molecule has 140 valence electrons. The van der Waals surface area contributed by atoms with Gasteiger partial charge < -0.3 is 15.4 Å². The van der Waals surface area contributed by atoms with Gasteiger partial charge in [0.2, 0.25) is 5.91 Å². The maximum absolute atomic E-state index is 12.4. The van der Waals surface area contributed by atoms with Gasteiger partial charge in [0.1, 0.15) is 5.75 Å². The summed E-state index contributed by atoms with van der Waals surface area (Å²) in [5.74, 6) is 0.337. The third kappa shape index (κ3) is 5.20. The van der Waals surface area contributed by atoms with E-state index in [-0.39, 0.29) is 17.9 Å². The van der Waals surface area contributed by atoms with Gasteiger partial charge in [-0.25, -0.2) is 0 Å². The molecule has 0 spiro atoms. The van der Waals surface area contributed by atoms with Crippen molar-refractivity contribution in [3.8, 4) is 5.75 Å². The molecule has 0 saturated heterocycles. The first-order valence-corrected chi connectivity index (χ1v) is 9.19. The summed E-state index contributed by atoms with van der Waals surface area (Å²) in [7, 11) is 1.59. The van der Waals surface area contributed by atoms with E-state index < -0.39 is 0 Å². The predicted octanol–water partition coefficient (Wildman–Crippen LogP) is 4.02. The minimum atomic E-state index is -0.269. The predicted molar refractivity (Wildman–Crippen MR) is 107 cm³/mol. The number of para-hydroxylation sites is 1. The molecule has 0 aromatic heterocycles. The maximum atomic E-state index is 12.4. The van der Waals surface area contributed by atoms with Crippen molar-refractivity contribution in [1.82, 2.24) is 5.32 Å². The number of rotatable bonds is 6. The van der Waals surface area contributed by atoms with Crippen molar-refractivity contribution in [2.45, 2.75) is 31.7 Å². The topological polar surface area (TPSA) is 67.4 Å². The van der Waals surface area contributed by atoms with Crippen LogP contribution < -0.4 is 15.4 Å². The highest BCUT2D eigenvalue weighted by molar-refractivity contribution is 6.03. The molecule has 3 rings (SSSR count). The Labute approximate surface area is 159 Å². The second-order valence-electron chi connectivity index (χ2n) is 6.60. The lowest BCUT2D eigenvalue weighted by Gasteiger charge is -2.12. The summed E-state index contributed by atoms with van der Waals surface area (Å²) in [5, 5.41) is 5.85. The number of carbonyl (C=O) groups excluding carboxylic acids is 2. The smallest absolute Gasteiger partial charge is 0.251 e. The highest BCUT2D eigenvalue weighted by Gasteiger charge is 2.18. The molecule has 0 radical (unpaired) electrons. The monoisotopic (exact) mass is 364 g/mol. The highest BCUT2D eigenvalue weighted by atomic mass is 16.5. The van der Waals surface area contributed by atoms with Gasteiger partial charge in [0.25, 0.3) is 5.91 Å². The number of carbonyl (C=O) groups is 2. The van der Waals surface area contributed by atoms with Crippen LogP contribution in [0.4, 0.5) is 5.69 Å². The molecule has 0 atom stereocenters. The van der Waals surface area contributed by atoms with Crippen molar-refractivity contribution >= 4 is 23.6 Å². The number of ether oxygens (including phenoxy) is 1.